The first kappa shape index (κ1) is 29.5. The first-order valence-electron chi connectivity index (χ1n) is 9.48. The van der Waals surface area contributed by atoms with Crippen LogP contribution in [0.15, 0.2) is 0 Å². The van der Waals surface area contributed by atoms with Gasteiger partial charge in [0.05, 0.1) is 12.7 Å². The quantitative estimate of drug-likeness (QED) is 0.192. The maximum atomic E-state index is 10.8. The zero-order valence-corrected chi connectivity index (χ0v) is 17.5. The van der Waals surface area contributed by atoms with Crippen LogP contribution >= 0.6 is 0 Å². The van der Waals surface area contributed by atoms with E-state index in [-0.39, 0.29) is 5.48 Å². The Bertz CT molecular complexity index is 519. The van der Waals surface area contributed by atoms with Gasteiger partial charge < -0.3 is 61.3 Å². The number of amides is 2. The molecule has 184 valence electrons. The molecule has 0 aliphatic carbocycles. The molecule has 11 N–H and O–H groups in total. The van der Waals surface area contributed by atoms with Crippen molar-refractivity contribution in [1.29, 1.82) is 0 Å². The smallest absolute Gasteiger partial charge is 0.217 e. The lowest BCUT2D eigenvalue weighted by atomic mass is 9.95. The third-order valence-corrected chi connectivity index (χ3v) is 4.76. The molecule has 0 aromatic heterocycles. The summed E-state index contributed by atoms with van der Waals surface area (Å²) in [5, 5.41) is 70.5. The van der Waals surface area contributed by atoms with E-state index >= 15 is 0 Å². The molecule has 31 heavy (non-hydrogen) atoms. The first-order valence-corrected chi connectivity index (χ1v) is 9.48. The molecule has 2 aliphatic heterocycles. The molecular weight excluding hydrogens is 424 g/mol. The van der Waals surface area contributed by atoms with Crippen LogP contribution in [0.5, 0.6) is 0 Å². The molecule has 0 spiro atoms. The third-order valence-electron chi connectivity index (χ3n) is 4.76. The van der Waals surface area contributed by atoms with Gasteiger partial charge in [0.25, 0.3) is 0 Å². The maximum Gasteiger partial charge on any atom is 0.217 e. The van der Waals surface area contributed by atoms with Gasteiger partial charge in [0.15, 0.2) is 12.6 Å². The largest absolute Gasteiger partial charge is 0.412 e. The lowest BCUT2D eigenvalue weighted by Gasteiger charge is -2.40. The molecule has 0 saturated carbocycles. The normalized spacial score (nSPS) is 39.9. The SMILES string of the molecule is CC(=O)NC1C(O)OC(CO)C(O)C1O.CCC1OC(O)C(NC(C)=O)C(O)C1O.O. The predicted octanol–water partition coefficient (Wildman–Crippen LogP) is -5.56. The lowest BCUT2D eigenvalue weighted by Crippen LogP contribution is -2.63. The Labute approximate surface area is 178 Å². The Morgan fingerprint density at radius 3 is 1.42 bits per heavy atom. The van der Waals surface area contributed by atoms with E-state index in [1.807, 2.05) is 0 Å². The van der Waals surface area contributed by atoms with Gasteiger partial charge in [-0.05, 0) is 6.42 Å². The summed E-state index contributed by atoms with van der Waals surface area (Å²) in [6.07, 6.45) is -8.99. The Morgan fingerprint density at radius 2 is 1.10 bits per heavy atom. The maximum absolute atomic E-state index is 10.8. The van der Waals surface area contributed by atoms with Crippen molar-refractivity contribution in [2.75, 3.05) is 6.61 Å². The van der Waals surface area contributed by atoms with Gasteiger partial charge in [0, 0.05) is 13.8 Å². The van der Waals surface area contributed by atoms with Gasteiger partial charge in [0.1, 0.15) is 42.6 Å². The summed E-state index contributed by atoms with van der Waals surface area (Å²) in [7, 11) is 0. The van der Waals surface area contributed by atoms with E-state index in [9.17, 15) is 40.2 Å². The van der Waals surface area contributed by atoms with Crippen LogP contribution in [-0.4, -0.2) is 121 Å². The van der Waals surface area contributed by atoms with Gasteiger partial charge in [-0.1, -0.05) is 6.92 Å². The summed E-state index contributed by atoms with van der Waals surface area (Å²) in [4.78, 5) is 21.5. The van der Waals surface area contributed by atoms with E-state index in [1.54, 1.807) is 6.92 Å². The van der Waals surface area contributed by atoms with Crippen molar-refractivity contribution in [3.05, 3.63) is 0 Å². The van der Waals surface area contributed by atoms with Crippen molar-refractivity contribution < 1.29 is 60.3 Å². The molecule has 0 aromatic carbocycles. The minimum Gasteiger partial charge on any atom is -0.412 e. The number of hydrogen-bond donors (Lipinski definition) is 9. The third kappa shape index (κ3) is 7.87. The summed E-state index contributed by atoms with van der Waals surface area (Å²) >= 11 is 0. The summed E-state index contributed by atoms with van der Waals surface area (Å²) in [5.74, 6) is -0.861. The molecule has 0 bridgehead atoms. The topological polar surface area (TPSA) is 250 Å². The van der Waals surface area contributed by atoms with Crippen LogP contribution in [-0.2, 0) is 19.1 Å². The molecule has 2 fully saturated rings. The number of carbonyl (C=O) groups excluding carboxylic acids is 2. The van der Waals surface area contributed by atoms with E-state index in [1.165, 1.54) is 13.8 Å². The monoisotopic (exact) mass is 458 g/mol. The fourth-order valence-corrected chi connectivity index (χ4v) is 3.16. The number of aliphatic hydroxyl groups is 7. The Hall–Kier alpha value is -1.46. The van der Waals surface area contributed by atoms with Gasteiger partial charge >= 0.3 is 0 Å². The Balaban J connectivity index is 0.000000562. The summed E-state index contributed by atoms with van der Waals surface area (Å²) in [6.45, 7) is 3.72. The fraction of sp³-hybridized carbons (Fsp3) is 0.882. The minimum absolute atomic E-state index is 0. The fourth-order valence-electron chi connectivity index (χ4n) is 3.16. The summed E-state index contributed by atoms with van der Waals surface area (Å²) in [6, 6.07) is -2.08. The van der Waals surface area contributed by atoms with Crippen LogP contribution in [0.25, 0.3) is 0 Å². The van der Waals surface area contributed by atoms with E-state index in [4.69, 9.17) is 14.6 Å². The standard InChI is InChI=1S/C9H17NO5.C8H15NO6.H2O/c1-3-5-7(12)8(13)6(9(14)15-5)10-4(2)11;1-3(11)9-5-7(13)6(12)4(2-10)15-8(5)14;/h5-9,12-14H,3H2,1-2H3,(H,10,11);4-8,10,12-14H,2H2,1H3,(H,9,11);1H2. The second kappa shape index (κ2) is 13.2. The number of ether oxygens (including phenoxy) is 2. The van der Waals surface area contributed by atoms with Crippen LogP contribution in [0.4, 0.5) is 0 Å². The van der Waals surface area contributed by atoms with Gasteiger partial charge in [-0.25, -0.2) is 0 Å². The number of hydrogen-bond acceptors (Lipinski definition) is 11. The van der Waals surface area contributed by atoms with Gasteiger partial charge in [-0.3, -0.25) is 9.59 Å². The second-order valence-electron chi connectivity index (χ2n) is 7.14. The van der Waals surface area contributed by atoms with Gasteiger partial charge in [-0.15, -0.1) is 0 Å². The lowest BCUT2D eigenvalue weighted by molar-refractivity contribution is -0.253. The van der Waals surface area contributed by atoms with Crippen LogP contribution in [0.2, 0.25) is 0 Å². The number of aliphatic hydroxyl groups excluding tert-OH is 7. The van der Waals surface area contributed by atoms with Crippen LogP contribution in [0, 0.1) is 0 Å². The molecule has 2 heterocycles. The molecule has 2 amide bonds. The molecule has 10 unspecified atom stereocenters. The molecule has 14 heteroatoms. The van der Waals surface area contributed by atoms with E-state index in [0.29, 0.717) is 6.42 Å². The van der Waals surface area contributed by atoms with Crippen molar-refractivity contribution in [3.63, 3.8) is 0 Å². The van der Waals surface area contributed by atoms with Crippen LogP contribution in [0.1, 0.15) is 27.2 Å². The van der Waals surface area contributed by atoms with E-state index < -0.39 is 79.7 Å². The predicted molar refractivity (Wildman–Crippen MR) is 102 cm³/mol. The molecule has 0 aromatic rings. The van der Waals surface area contributed by atoms with Crippen molar-refractivity contribution in [3.8, 4) is 0 Å². The highest BCUT2D eigenvalue weighted by molar-refractivity contribution is 5.73. The molecule has 2 saturated heterocycles. The van der Waals surface area contributed by atoms with Crippen LogP contribution in [0.3, 0.4) is 0 Å². The highest BCUT2D eigenvalue weighted by atomic mass is 16.6. The van der Waals surface area contributed by atoms with Crippen molar-refractivity contribution in [1.82, 2.24) is 10.6 Å². The second-order valence-corrected chi connectivity index (χ2v) is 7.14. The van der Waals surface area contributed by atoms with E-state index in [2.05, 4.69) is 10.6 Å². The average Bonchev–Trinajstić information content (AvgIpc) is 2.68. The molecule has 0 radical (unpaired) electrons. The zero-order valence-electron chi connectivity index (χ0n) is 17.5. The zero-order chi connectivity index (χ0) is 23.2. The van der Waals surface area contributed by atoms with Crippen molar-refractivity contribution >= 4 is 11.8 Å². The number of nitrogens with one attached hydrogen (secondary N) is 2. The Morgan fingerprint density at radius 1 is 0.742 bits per heavy atom. The van der Waals surface area contributed by atoms with Gasteiger partial charge in [-0.2, -0.15) is 0 Å². The first-order chi connectivity index (χ1) is 13.9. The van der Waals surface area contributed by atoms with Gasteiger partial charge in [0.2, 0.25) is 11.8 Å². The molecule has 14 nitrogen and oxygen atoms in total. The highest BCUT2D eigenvalue weighted by Crippen LogP contribution is 2.22. The summed E-state index contributed by atoms with van der Waals surface area (Å²) < 4.78 is 9.87. The molecular formula is C17H34N2O12. The van der Waals surface area contributed by atoms with Crippen molar-refractivity contribution in [2.24, 2.45) is 0 Å². The van der Waals surface area contributed by atoms with Crippen LogP contribution < -0.4 is 10.6 Å². The van der Waals surface area contributed by atoms with Crippen molar-refractivity contribution in [2.45, 2.75) is 88.5 Å². The number of carbonyl (C=O) groups is 2. The Kier molecular flexibility index (Phi) is 12.6. The molecule has 2 aliphatic rings. The molecule has 2 rings (SSSR count). The average molecular weight is 458 g/mol. The van der Waals surface area contributed by atoms with E-state index in [0.717, 1.165) is 0 Å². The minimum atomic E-state index is -1.45. The highest BCUT2D eigenvalue weighted by Gasteiger charge is 2.44. The number of rotatable bonds is 4. The molecule has 10 atom stereocenters. The summed E-state index contributed by atoms with van der Waals surface area (Å²) in [5.41, 5.74) is 0.